The van der Waals surface area contributed by atoms with E-state index in [2.05, 4.69) is 15.4 Å². The lowest BCUT2D eigenvalue weighted by molar-refractivity contribution is -0.619. The van der Waals surface area contributed by atoms with Gasteiger partial charge < -0.3 is 4.98 Å². The van der Waals surface area contributed by atoms with Gasteiger partial charge in [-0.1, -0.05) is 23.9 Å². The first-order chi connectivity index (χ1) is 6.86. The van der Waals surface area contributed by atoms with Gasteiger partial charge in [-0.05, 0) is 0 Å². The Bertz CT molecular complexity index is 418. The summed E-state index contributed by atoms with van der Waals surface area (Å²) in [5, 5.41) is 0.295. The first-order valence-corrected chi connectivity index (χ1v) is 4.39. The minimum atomic E-state index is 0.295. The molecule has 2 aromatic rings. The number of nitrogens with zero attached hydrogens (tertiary/aromatic N) is 4. The Labute approximate surface area is 86.2 Å². The Balaban J connectivity index is 2.24. The fourth-order valence-corrected chi connectivity index (χ4v) is 1.09. The van der Waals surface area contributed by atoms with Crippen molar-refractivity contribution in [2.24, 2.45) is 0 Å². The third kappa shape index (κ3) is 1.97. The zero-order valence-electron chi connectivity index (χ0n) is 7.21. The molecule has 0 aliphatic heterocycles. The molecule has 0 radical (unpaired) electrons. The van der Waals surface area contributed by atoms with Crippen LogP contribution in [0, 0.1) is 0 Å². The topological polar surface area (TPSA) is 43.8 Å². The van der Waals surface area contributed by atoms with Crippen molar-refractivity contribution in [3.8, 4) is 0 Å². The third-order valence-corrected chi connectivity index (χ3v) is 1.81. The van der Waals surface area contributed by atoms with Crippen molar-refractivity contribution in [3.63, 3.8) is 0 Å². The quantitative estimate of drug-likeness (QED) is 0.705. The van der Waals surface area contributed by atoms with E-state index in [0.29, 0.717) is 11.0 Å². The molecular formula is C9H7ClN4. The Kier molecular flexibility index (Phi) is 2.55. The maximum absolute atomic E-state index is 5.79. The molecule has 2 aromatic heterocycles. The van der Waals surface area contributed by atoms with Gasteiger partial charge in [0.2, 0.25) is 0 Å². The maximum Gasteiger partial charge on any atom is 0.182 e. The van der Waals surface area contributed by atoms with Crippen LogP contribution in [-0.4, -0.2) is 9.97 Å². The molecule has 5 heteroatoms. The van der Waals surface area contributed by atoms with Crippen molar-refractivity contribution < 1.29 is 4.68 Å². The second-order valence-corrected chi connectivity index (χ2v) is 2.88. The second-order valence-electron chi connectivity index (χ2n) is 2.53. The molecule has 0 saturated carbocycles. The highest BCUT2D eigenvalue weighted by Gasteiger charge is 1.97. The molecule has 2 heterocycles. The van der Waals surface area contributed by atoms with Crippen molar-refractivity contribution in [2.45, 2.75) is 0 Å². The molecule has 0 saturated heterocycles. The van der Waals surface area contributed by atoms with Crippen LogP contribution >= 0.6 is 11.6 Å². The van der Waals surface area contributed by atoms with Crippen LogP contribution in [0.5, 0.6) is 0 Å². The van der Waals surface area contributed by atoms with E-state index in [9.17, 15) is 0 Å². The summed E-state index contributed by atoms with van der Waals surface area (Å²) in [7, 11) is 0. The predicted molar refractivity (Wildman–Crippen MR) is 52.1 cm³/mol. The molecule has 2 rings (SSSR count). The van der Waals surface area contributed by atoms with E-state index < -0.39 is 0 Å². The molecule has 0 aliphatic rings. The molecule has 0 aromatic carbocycles. The molecule has 70 valence electrons. The zero-order chi connectivity index (χ0) is 9.80. The average molecular weight is 207 g/mol. The van der Waals surface area contributed by atoms with Gasteiger partial charge in [-0.3, -0.25) is 0 Å². The Morgan fingerprint density at radius 1 is 1.07 bits per heavy atom. The van der Waals surface area contributed by atoms with Crippen molar-refractivity contribution in [3.05, 3.63) is 53.6 Å². The lowest BCUT2D eigenvalue weighted by Crippen LogP contribution is -2.26. The van der Waals surface area contributed by atoms with E-state index in [1.54, 1.807) is 23.3 Å². The van der Waals surface area contributed by atoms with Gasteiger partial charge >= 0.3 is 0 Å². The number of hydrogen-bond acceptors (Lipinski definition) is 2. The number of halogens is 1. The summed E-state index contributed by atoms with van der Waals surface area (Å²) in [6.07, 6.45) is 6.67. The Morgan fingerprint density at radius 3 is 2.50 bits per heavy atom. The van der Waals surface area contributed by atoms with Crippen LogP contribution in [0.3, 0.4) is 0 Å². The first kappa shape index (κ1) is 8.90. The smallest absolute Gasteiger partial charge is 0.182 e. The van der Waals surface area contributed by atoms with Gasteiger partial charge in [-0.2, -0.15) is 10.1 Å². The summed E-state index contributed by atoms with van der Waals surface area (Å²) in [6.45, 7) is 0. The van der Waals surface area contributed by atoms with Crippen LogP contribution in [0.25, 0.3) is 5.43 Å². The summed E-state index contributed by atoms with van der Waals surface area (Å²) in [5.41, 5.74) is 4.15. The second kappa shape index (κ2) is 4.02. The van der Waals surface area contributed by atoms with Crippen LogP contribution in [0.4, 0.5) is 5.82 Å². The highest BCUT2D eigenvalue weighted by Crippen LogP contribution is 2.19. The van der Waals surface area contributed by atoms with Gasteiger partial charge in [0.1, 0.15) is 5.15 Å². The molecule has 0 N–H and O–H groups in total. The molecule has 4 nitrogen and oxygen atoms in total. The molecular weight excluding hydrogens is 200 g/mol. The Hall–Kier alpha value is -1.68. The normalized spacial score (nSPS) is 9.79. The fraction of sp³-hybridized carbons (Fsp3) is 0. The van der Waals surface area contributed by atoms with Crippen molar-refractivity contribution in [2.75, 3.05) is 0 Å². The highest BCUT2D eigenvalue weighted by atomic mass is 35.5. The highest BCUT2D eigenvalue weighted by molar-refractivity contribution is 6.31. The van der Waals surface area contributed by atoms with Gasteiger partial charge in [0.25, 0.3) is 0 Å². The van der Waals surface area contributed by atoms with Gasteiger partial charge in [-0.15, -0.1) is 0 Å². The number of hydrogen-bond donors (Lipinski definition) is 0. The van der Waals surface area contributed by atoms with Gasteiger partial charge in [0.15, 0.2) is 12.4 Å². The fourth-order valence-electron chi connectivity index (χ4n) is 0.946. The third-order valence-electron chi connectivity index (χ3n) is 1.55. The number of pyridine rings is 1. The van der Waals surface area contributed by atoms with Crippen LogP contribution in [0.2, 0.25) is 5.15 Å². The number of rotatable bonds is 2. The molecule has 0 amide bonds. The molecule has 0 fully saturated rings. The van der Waals surface area contributed by atoms with Gasteiger partial charge in [0.05, 0.1) is 0 Å². The summed E-state index contributed by atoms with van der Waals surface area (Å²) < 4.78 is 1.62. The number of aromatic nitrogens is 3. The summed E-state index contributed by atoms with van der Waals surface area (Å²) in [5.74, 6) is 0.408. The lowest BCUT2D eigenvalue weighted by atomic mass is 10.5. The van der Waals surface area contributed by atoms with E-state index in [1.165, 1.54) is 6.20 Å². The molecule has 0 bridgehead atoms. The summed E-state index contributed by atoms with van der Waals surface area (Å²) in [4.78, 5) is 7.86. The lowest BCUT2D eigenvalue weighted by Gasteiger charge is -2.07. The standard InChI is InChI=1S/C9H7ClN4/c10-8-9(12-5-4-11-8)13-14-6-2-1-3-7-14/h1-7H. The van der Waals surface area contributed by atoms with Crippen LogP contribution < -0.4 is 4.68 Å². The molecule has 0 atom stereocenters. The molecule has 0 aliphatic carbocycles. The first-order valence-electron chi connectivity index (χ1n) is 4.01. The van der Waals surface area contributed by atoms with E-state index in [1.807, 2.05) is 18.2 Å². The molecule has 14 heavy (non-hydrogen) atoms. The SMILES string of the molecule is Clc1nccnc1[N-][n+]1ccccc1. The minimum Gasteiger partial charge on any atom is -0.434 e. The van der Waals surface area contributed by atoms with E-state index in [0.717, 1.165) is 0 Å². The average Bonchev–Trinajstić information content (AvgIpc) is 2.23. The van der Waals surface area contributed by atoms with E-state index in [4.69, 9.17) is 11.6 Å². The van der Waals surface area contributed by atoms with Gasteiger partial charge in [0, 0.05) is 24.1 Å². The predicted octanol–water partition coefficient (Wildman–Crippen LogP) is 1.89. The summed E-state index contributed by atoms with van der Waals surface area (Å²) >= 11 is 5.79. The maximum atomic E-state index is 5.79. The van der Waals surface area contributed by atoms with Crippen molar-refractivity contribution in [1.82, 2.24) is 9.97 Å². The van der Waals surface area contributed by atoms with Crippen molar-refractivity contribution in [1.29, 1.82) is 0 Å². The Morgan fingerprint density at radius 2 is 1.79 bits per heavy atom. The molecule has 0 spiro atoms. The molecule has 0 unspecified atom stereocenters. The van der Waals surface area contributed by atoms with Crippen LogP contribution in [0.15, 0.2) is 43.0 Å². The largest absolute Gasteiger partial charge is 0.434 e. The van der Waals surface area contributed by atoms with E-state index >= 15 is 0 Å². The monoisotopic (exact) mass is 206 g/mol. The van der Waals surface area contributed by atoms with Gasteiger partial charge in [-0.25, -0.2) is 4.98 Å². The minimum absolute atomic E-state index is 0.295. The van der Waals surface area contributed by atoms with E-state index in [-0.39, 0.29) is 0 Å². The summed E-state index contributed by atoms with van der Waals surface area (Å²) in [6, 6.07) is 5.64. The van der Waals surface area contributed by atoms with Crippen molar-refractivity contribution >= 4 is 17.4 Å². The van der Waals surface area contributed by atoms with Crippen LogP contribution in [-0.2, 0) is 0 Å². The van der Waals surface area contributed by atoms with Crippen LogP contribution in [0.1, 0.15) is 0 Å². The zero-order valence-corrected chi connectivity index (χ0v) is 7.96.